The van der Waals surface area contributed by atoms with Crippen LogP contribution in [0, 0.1) is 11.7 Å². The van der Waals surface area contributed by atoms with Gasteiger partial charge in [0.15, 0.2) is 6.61 Å². The number of hydrogen-bond donors (Lipinski definition) is 1. The molecule has 0 unspecified atom stereocenters. The molecule has 3 rings (SSSR count). The number of nitrogens with one attached hydrogen (secondary N) is 1. The van der Waals surface area contributed by atoms with Crippen molar-refractivity contribution in [3.63, 3.8) is 0 Å². The van der Waals surface area contributed by atoms with Crippen molar-refractivity contribution >= 4 is 17.8 Å². The largest absolute Gasteiger partial charge is 0.455 e. The highest BCUT2D eigenvalue weighted by atomic mass is 19.1. The average Bonchev–Trinajstić information content (AvgIpc) is 3.19. The van der Waals surface area contributed by atoms with Crippen LogP contribution in [0.25, 0.3) is 0 Å². The molecule has 2 aliphatic rings. The monoisotopic (exact) mass is 376 g/mol. The van der Waals surface area contributed by atoms with Gasteiger partial charge in [-0.25, -0.2) is 4.39 Å². The van der Waals surface area contributed by atoms with E-state index < -0.39 is 0 Å². The molecule has 1 aromatic carbocycles. The molecular formula is C20H25FN2O4. The van der Waals surface area contributed by atoms with Crippen molar-refractivity contribution in [3.8, 4) is 0 Å². The van der Waals surface area contributed by atoms with Gasteiger partial charge in [-0.15, -0.1) is 0 Å². The molecule has 1 aromatic rings. The molecule has 1 N–H and O–H groups in total. The van der Waals surface area contributed by atoms with Crippen LogP contribution in [0.1, 0.15) is 48.9 Å². The first-order valence-electron chi connectivity index (χ1n) is 9.54. The fraction of sp³-hybridized carbons (Fsp3) is 0.550. The predicted molar refractivity (Wildman–Crippen MR) is 96.4 cm³/mol. The number of esters is 1. The van der Waals surface area contributed by atoms with Crippen LogP contribution in [0.4, 0.5) is 4.39 Å². The zero-order valence-corrected chi connectivity index (χ0v) is 15.3. The molecule has 1 aliphatic carbocycles. The summed E-state index contributed by atoms with van der Waals surface area (Å²) in [6, 6.07) is 5.64. The Labute approximate surface area is 158 Å². The fourth-order valence-corrected chi connectivity index (χ4v) is 3.69. The molecule has 1 heterocycles. The lowest BCUT2D eigenvalue weighted by Gasteiger charge is -2.31. The normalized spacial score (nSPS) is 18.3. The van der Waals surface area contributed by atoms with Gasteiger partial charge in [-0.2, -0.15) is 0 Å². The van der Waals surface area contributed by atoms with Crippen LogP contribution in [0.2, 0.25) is 0 Å². The first-order valence-corrected chi connectivity index (χ1v) is 9.54. The summed E-state index contributed by atoms with van der Waals surface area (Å²) < 4.78 is 18.1. The first kappa shape index (κ1) is 19.3. The summed E-state index contributed by atoms with van der Waals surface area (Å²) in [5.41, 5.74) is 0.431. The molecule has 6 nitrogen and oxygen atoms in total. The molecule has 0 bridgehead atoms. The van der Waals surface area contributed by atoms with Crippen molar-refractivity contribution in [3.05, 3.63) is 35.6 Å². The number of nitrogens with zero attached hydrogens (tertiary/aromatic N) is 1. The molecule has 0 atom stereocenters. The molecule has 146 valence electrons. The average molecular weight is 376 g/mol. The Kier molecular flexibility index (Phi) is 6.42. The van der Waals surface area contributed by atoms with Gasteiger partial charge in [0, 0.05) is 24.7 Å². The van der Waals surface area contributed by atoms with Gasteiger partial charge in [0.2, 0.25) is 0 Å². The Balaban J connectivity index is 1.40. The zero-order chi connectivity index (χ0) is 19.2. The summed E-state index contributed by atoms with van der Waals surface area (Å²) in [4.78, 5) is 38.1. The number of rotatable bonds is 5. The zero-order valence-electron chi connectivity index (χ0n) is 15.3. The van der Waals surface area contributed by atoms with Crippen LogP contribution in [0.15, 0.2) is 24.3 Å². The van der Waals surface area contributed by atoms with Crippen LogP contribution < -0.4 is 5.32 Å². The van der Waals surface area contributed by atoms with E-state index >= 15 is 0 Å². The lowest BCUT2D eigenvalue weighted by atomic mass is 9.96. The highest BCUT2D eigenvalue weighted by Crippen LogP contribution is 2.21. The molecule has 0 radical (unpaired) electrons. The quantitative estimate of drug-likeness (QED) is 0.800. The summed E-state index contributed by atoms with van der Waals surface area (Å²) in [6.45, 7) is 0.624. The van der Waals surface area contributed by atoms with Gasteiger partial charge in [-0.1, -0.05) is 12.8 Å². The van der Waals surface area contributed by atoms with Crippen molar-refractivity contribution in [2.24, 2.45) is 5.92 Å². The maximum absolute atomic E-state index is 13.0. The number of amides is 2. The van der Waals surface area contributed by atoms with E-state index in [0.717, 1.165) is 25.7 Å². The van der Waals surface area contributed by atoms with Gasteiger partial charge in [-0.05, 0) is 49.9 Å². The number of likely N-dealkylation sites (tertiary alicyclic amines) is 1. The van der Waals surface area contributed by atoms with E-state index in [2.05, 4.69) is 5.32 Å². The highest BCUT2D eigenvalue weighted by Gasteiger charge is 2.29. The SMILES string of the molecule is O=C(COC(=O)C1CCN(C(=O)c2ccc(F)cc2)CC1)NC1CCCC1. The van der Waals surface area contributed by atoms with Gasteiger partial charge < -0.3 is 15.0 Å². The minimum atomic E-state index is -0.384. The lowest BCUT2D eigenvalue weighted by molar-refractivity contribution is -0.154. The van der Waals surface area contributed by atoms with Gasteiger partial charge in [0.25, 0.3) is 11.8 Å². The van der Waals surface area contributed by atoms with E-state index in [1.807, 2.05) is 0 Å². The Morgan fingerprint density at radius 2 is 1.67 bits per heavy atom. The van der Waals surface area contributed by atoms with E-state index in [1.165, 1.54) is 24.3 Å². The highest BCUT2D eigenvalue weighted by molar-refractivity contribution is 5.94. The van der Waals surface area contributed by atoms with Crippen LogP contribution in [0.3, 0.4) is 0 Å². The second kappa shape index (κ2) is 8.97. The first-order chi connectivity index (χ1) is 13.0. The fourth-order valence-electron chi connectivity index (χ4n) is 3.69. The number of halogens is 1. The molecule has 2 amide bonds. The number of ether oxygens (including phenoxy) is 1. The molecule has 27 heavy (non-hydrogen) atoms. The number of piperidine rings is 1. The van der Waals surface area contributed by atoms with Gasteiger partial charge in [0.1, 0.15) is 5.82 Å². The van der Waals surface area contributed by atoms with E-state index in [1.54, 1.807) is 4.90 Å². The van der Waals surface area contributed by atoms with Crippen molar-refractivity contribution in [2.75, 3.05) is 19.7 Å². The number of carbonyl (C=O) groups excluding carboxylic acids is 3. The van der Waals surface area contributed by atoms with Crippen LogP contribution in [-0.4, -0.2) is 48.4 Å². The second-order valence-corrected chi connectivity index (χ2v) is 7.23. The molecule has 1 aliphatic heterocycles. The van der Waals surface area contributed by atoms with E-state index in [0.29, 0.717) is 31.5 Å². The van der Waals surface area contributed by atoms with Crippen LogP contribution in [0.5, 0.6) is 0 Å². The Bertz CT molecular complexity index is 678. The molecule has 2 fully saturated rings. The molecule has 0 spiro atoms. The molecule has 1 saturated heterocycles. The molecule has 1 saturated carbocycles. The van der Waals surface area contributed by atoms with E-state index in [-0.39, 0.29) is 42.2 Å². The van der Waals surface area contributed by atoms with Crippen molar-refractivity contribution < 1.29 is 23.5 Å². The van der Waals surface area contributed by atoms with E-state index in [9.17, 15) is 18.8 Å². The lowest BCUT2D eigenvalue weighted by Crippen LogP contribution is -2.41. The third-order valence-corrected chi connectivity index (χ3v) is 5.27. The predicted octanol–water partition coefficient (Wildman–Crippen LogP) is 2.28. The number of carbonyl (C=O) groups is 3. The summed E-state index contributed by atoms with van der Waals surface area (Å²) >= 11 is 0. The Hall–Kier alpha value is -2.44. The minimum absolute atomic E-state index is 0.169. The van der Waals surface area contributed by atoms with Crippen LogP contribution in [-0.2, 0) is 14.3 Å². The van der Waals surface area contributed by atoms with E-state index in [4.69, 9.17) is 4.74 Å². The smallest absolute Gasteiger partial charge is 0.309 e. The topological polar surface area (TPSA) is 75.7 Å². The maximum Gasteiger partial charge on any atom is 0.309 e. The standard InChI is InChI=1S/C20H25FN2O4/c21-16-7-5-14(6-8-16)19(25)23-11-9-15(10-12-23)20(26)27-13-18(24)22-17-3-1-2-4-17/h5-8,15,17H,1-4,9-13H2,(H,22,24). The molecule has 0 aromatic heterocycles. The summed E-state index contributed by atoms with van der Waals surface area (Å²) in [7, 11) is 0. The minimum Gasteiger partial charge on any atom is -0.455 e. The Morgan fingerprint density at radius 1 is 1.04 bits per heavy atom. The third kappa shape index (κ3) is 5.28. The second-order valence-electron chi connectivity index (χ2n) is 7.23. The number of benzene rings is 1. The molecular weight excluding hydrogens is 351 g/mol. The molecule has 7 heteroatoms. The summed E-state index contributed by atoms with van der Waals surface area (Å²) in [6.07, 6.45) is 5.21. The Morgan fingerprint density at radius 3 is 2.30 bits per heavy atom. The summed E-state index contributed by atoms with van der Waals surface area (Å²) in [5.74, 6) is -1.49. The van der Waals surface area contributed by atoms with Crippen molar-refractivity contribution in [2.45, 2.75) is 44.6 Å². The van der Waals surface area contributed by atoms with Crippen LogP contribution >= 0.6 is 0 Å². The summed E-state index contributed by atoms with van der Waals surface area (Å²) in [5, 5.41) is 2.89. The third-order valence-electron chi connectivity index (χ3n) is 5.27. The number of hydrogen-bond acceptors (Lipinski definition) is 4. The van der Waals surface area contributed by atoms with Crippen molar-refractivity contribution in [1.29, 1.82) is 0 Å². The van der Waals surface area contributed by atoms with Gasteiger partial charge >= 0.3 is 5.97 Å². The maximum atomic E-state index is 13.0. The van der Waals surface area contributed by atoms with Crippen molar-refractivity contribution in [1.82, 2.24) is 10.2 Å². The van der Waals surface area contributed by atoms with Gasteiger partial charge in [0.05, 0.1) is 5.92 Å². The van der Waals surface area contributed by atoms with Gasteiger partial charge in [-0.3, -0.25) is 14.4 Å².